The van der Waals surface area contributed by atoms with Crippen molar-refractivity contribution >= 4 is 22.1 Å². The second kappa shape index (κ2) is 11.9. The minimum Gasteiger partial charge on any atom is -0.299 e. The number of hydrogen-bond acceptors (Lipinski definition) is 4. The number of imidazole rings is 1. The predicted octanol–water partition coefficient (Wildman–Crippen LogP) is 5.05. The number of sulfone groups is 1. The minimum absolute atomic E-state index is 0.134. The predicted molar refractivity (Wildman–Crippen MR) is 108 cm³/mol. The molecular formula is C19H24F3N3O2S. The third kappa shape index (κ3) is 6.49. The number of aliphatic imine (C=N–C) groups is 1. The number of nitrogens with zero attached hydrogens (tertiary/aromatic N) is 3. The van der Waals surface area contributed by atoms with Crippen LogP contribution in [0.25, 0.3) is 11.3 Å². The molecule has 0 fully saturated rings. The Bertz CT molecular complexity index is 903. The van der Waals surface area contributed by atoms with Crippen molar-refractivity contribution in [3.8, 4) is 5.69 Å². The largest absolute Gasteiger partial charge is 0.299 e. The normalized spacial score (nSPS) is 11.1. The fourth-order valence-corrected chi connectivity index (χ4v) is 2.69. The van der Waals surface area contributed by atoms with E-state index in [2.05, 4.69) is 23.3 Å². The molecule has 0 aliphatic heterocycles. The third-order valence-electron chi connectivity index (χ3n) is 3.20. The van der Waals surface area contributed by atoms with Crippen molar-refractivity contribution in [2.45, 2.75) is 25.2 Å². The molecule has 1 heterocycles. The molecule has 5 nitrogen and oxygen atoms in total. The summed E-state index contributed by atoms with van der Waals surface area (Å²) >= 11 is 0. The summed E-state index contributed by atoms with van der Waals surface area (Å²) in [4.78, 5) is 7.66. The first-order chi connectivity index (χ1) is 13.3. The maximum absolute atomic E-state index is 13.0. The van der Waals surface area contributed by atoms with E-state index in [0.717, 1.165) is 6.26 Å². The Morgan fingerprint density at radius 2 is 1.75 bits per heavy atom. The van der Waals surface area contributed by atoms with Gasteiger partial charge in [-0.15, -0.1) is 0 Å². The lowest BCUT2D eigenvalue weighted by Crippen LogP contribution is -2.01. The van der Waals surface area contributed by atoms with E-state index in [1.54, 1.807) is 0 Å². The number of rotatable bonds is 6. The molecule has 0 atom stereocenters. The quantitative estimate of drug-likeness (QED) is 0.490. The number of aromatic nitrogens is 2. The van der Waals surface area contributed by atoms with Crippen molar-refractivity contribution < 1.29 is 21.6 Å². The van der Waals surface area contributed by atoms with Crippen LogP contribution in [0.2, 0.25) is 0 Å². The van der Waals surface area contributed by atoms with Gasteiger partial charge in [0.05, 0.1) is 12.1 Å². The molecule has 0 bridgehead atoms. The standard InChI is InChI=1S/C16H15F2N3O2S.C2H6.CH3F/c1-4-11(9-19-2)16-20-14(15(17)18)10-21(16)12-5-7-13(8-6-12)24(3,22)23;2*1-2/h4-10,15H,1-2H2,3H3;1-2H3;1H3/b11-9+;;. The Morgan fingerprint density at radius 3 is 2.14 bits per heavy atom. The highest BCUT2D eigenvalue weighted by Crippen LogP contribution is 2.26. The molecular weight excluding hydrogens is 391 g/mol. The zero-order valence-corrected chi connectivity index (χ0v) is 17.0. The van der Waals surface area contributed by atoms with Crippen LogP contribution in [0.1, 0.15) is 31.8 Å². The van der Waals surface area contributed by atoms with Gasteiger partial charge in [-0.25, -0.2) is 22.2 Å². The smallest absolute Gasteiger partial charge is 0.281 e. The number of allylic oxidation sites excluding steroid dienone is 2. The molecule has 1 aromatic heterocycles. The maximum atomic E-state index is 13.0. The molecule has 9 heteroatoms. The van der Waals surface area contributed by atoms with Crippen LogP contribution in [0.15, 0.2) is 59.2 Å². The summed E-state index contributed by atoms with van der Waals surface area (Å²) in [5.41, 5.74) is 0.478. The molecule has 2 aromatic rings. The molecule has 0 N–H and O–H groups in total. The third-order valence-corrected chi connectivity index (χ3v) is 4.33. The molecule has 0 aliphatic rings. The van der Waals surface area contributed by atoms with E-state index in [9.17, 15) is 21.6 Å². The summed E-state index contributed by atoms with van der Waals surface area (Å²) < 4.78 is 60.0. The average Bonchev–Trinajstić information content (AvgIpc) is 3.14. The molecule has 1 aromatic carbocycles. The molecule has 0 saturated carbocycles. The number of alkyl halides is 3. The summed E-state index contributed by atoms with van der Waals surface area (Å²) in [5, 5.41) is 0. The van der Waals surface area contributed by atoms with Gasteiger partial charge in [0, 0.05) is 29.9 Å². The van der Waals surface area contributed by atoms with Gasteiger partial charge in [0.2, 0.25) is 0 Å². The SMILES string of the molecule is C=C/C(=C\N=C)c1nc(C(F)F)cn1-c1ccc(S(C)(=O)=O)cc1.CC.CF. The summed E-state index contributed by atoms with van der Waals surface area (Å²) in [6, 6.07) is 5.83. The van der Waals surface area contributed by atoms with E-state index in [0.29, 0.717) is 18.4 Å². The fourth-order valence-electron chi connectivity index (χ4n) is 2.06. The van der Waals surface area contributed by atoms with Crippen LogP contribution in [0.3, 0.4) is 0 Å². The van der Waals surface area contributed by atoms with Crippen LogP contribution in [-0.4, -0.2) is 38.1 Å². The lowest BCUT2D eigenvalue weighted by molar-refractivity contribution is 0.146. The first-order valence-corrected chi connectivity index (χ1v) is 10.0. The topological polar surface area (TPSA) is 64.3 Å². The highest BCUT2D eigenvalue weighted by Gasteiger charge is 2.18. The first kappa shape index (κ1) is 25.3. The molecule has 154 valence electrons. The van der Waals surface area contributed by atoms with Crippen LogP contribution in [0, 0.1) is 0 Å². The van der Waals surface area contributed by atoms with E-state index in [1.807, 2.05) is 13.8 Å². The summed E-state index contributed by atoms with van der Waals surface area (Å²) in [7, 11) is -2.85. The second-order valence-corrected chi connectivity index (χ2v) is 6.91. The van der Waals surface area contributed by atoms with Gasteiger partial charge >= 0.3 is 0 Å². The van der Waals surface area contributed by atoms with Crippen molar-refractivity contribution in [2.24, 2.45) is 4.99 Å². The van der Waals surface area contributed by atoms with Gasteiger partial charge < -0.3 is 0 Å². The monoisotopic (exact) mass is 415 g/mol. The van der Waals surface area contributed by atoms with Gasteiger partial charge in [0.15, 0.2) is 9.84 Å². The highest BCUT2D eigenvalue weighted by molar-refractivity contribution is 7.90. The minimum atomic E-state index is -3.35. The van der Waals surface area contributed by atoms with E-state index in [-0.39, 0.29) is 10.7 Å². The van der Waals surface area contributed by atoms with Gasteiger partial charge in [-0.2, -0.15) is 0 Å². The first-order valence-electron chi connectivity index (χ1n) is 8.12. The van der Waals surface area contributed by atoms with Crippen LogP contribution in [-0.2, 0) is 9.84 Å². The van der Waals surface area contributed by atoms with E-state index in [4.69, 9.17) is 0 Å². The van der Waals surface area contributed by atoms with E-state index >= 15 is 0 Å². The maximum Gasteiger partial charge on any atom is 0.281 e. The zero-order valence-electron chi connectivity index (χ0n) is 16.2. The zero-order chi connectivity index (χ0) is 21.9. The Hall–Kier alpha value is -2.68. The molecule has 0 amide bonds. The molecule has 0 unspecified atom stereocenters. The Labute approximate surface area is 163 Å². The van der Waals surface area contributed by atoms with Crippen LogP contribution < -0.4 is 0 Å². The molecule has 2 rings (SSSR count). The molecule has 0 spiro atoms. The Balaban J connectivity index is 0.00000171. The molecule has 0 radical (unpaired) electrons. The van der Waals surface area contributed by atoms with Gasteiger partial charge in [-0.1, -0.05) is 26.5 Å². The van der Waals surface area contributed by atoms with E-state index in [1.165, 1.54) is 47.3 Å². The highest BCUT2D eigenvalue weighted by atomic mass is 32.2. The van der Waals surface area contributed by atoms with Crippen LogP contribution in [0.4, 0.5) is 13.2 Å². The Morgan fingerprint density at radius 1 is 1.21 bits per heavy atom. The van der Waals surface area contributed by atoms with Crippen molar-refractivity contribution in [3.05, 3.63) is 60.8 Å². The van der Waals surface area contributed by atoms with Gasteiger partial charge in [-0.3, -0.25) is 13.9 Å². The molecule has 0 aliphatic carbocycles. The lowest BCUT2D eigenvalue weighted by Gasteiger charge is -2.08. The van der Waals surface area contributed by atoms with Crippen LogP contribution in [0.5, 0.6) is 0 Å². The second-order valence-electron chi connectivity index (χ2n) is 4.90. The number of halogens is 3. The fraction of sp³-hybridized carbons (Fsp3) is 0.263. The number of hydrogen-bond donors (Lipinski definition) is 0. The van der Waals surface area contributed by atoms with Gasteiger partial charge in [0.25, 0.3) is 6.43 Å². The summed E-state index contributed by atoms with van der Waals surface area (Å²) in [6.45, 7) is 10.9. The average molecular weight is 415 g/mol. The summed E-state index contributed by atoms with van der Waals surface area (Å²) in [6.07, 6.45) is 2.31. The van der Waals surface area contributed by atoms with E-state index < -0.39 is 22.0 Å². The van der Waals surface area contributed by atoms with Gasteiger partial charge in [0.1, 0.15) is 11.5 Å². The number of benzene rings is 1. The van der Waals surface area contributed by atoms with Crippen molar-refractivity contribution in [1.29, 1.82) is 0 Å². The van der Waals surface area contributed by atoms with Crippen molar-refractivity contribution in [2.75, 3.05) is 13.4 Å². The molecule has 28 heavy (non-hydrogen) atoms. The summed E-state index contributed by atoms with van der Waals surface area (Å²) in [5.74, 6) is 0.208. The molecule has 0 saturated heterocycles. The van der Waals surface area contributed by atoms with Crippen LogP contribution >= 0.6 is 0 Å². The van der Waals surface area contributed by atoms with Crippen molar-refractivity contribution in [3.63, 3.8) is 0 Å². The Kier molecular flexibility index (Phi) is 10.8. The van der Waals surface area contributed by atoms with Gasteiger partial charge in [-0.05, 0) is 31.0 Å². The lowest BCUT2D eigenvalue weighted by atomic mass is 10.2. The van der Waals surface area contributed by atoms with Crippen molar-refractivity contribution in [1.82, 2.24) is 9.55 Å².